The normalized spacial score (nSPS) is 12.1. The molecule has 5 aromatic rings. The molecule has 2 heterocycles. The fourth-order valence-corrected chi connectivity index (χ4v) is 5.31. The minimum absolute atomic E-state index is 0.123. The Kier molecular flexibility index (Phi) is 5.93. The lowest BCUT2D eigenvalue weighted by Crippen LogP contribution is -2.22. The summed E-state index contributed by atoms with van der Waals surface area (Å²) in [6.07, 6.45) is 1.76. The van der Waals surface area contributed by atoms with E-state index in [9.17, 15) is 4.79 Å². The summed E-state index contributed by atoms with van der Waals surface area (Å²) in [5.74, 6) is 0.790. The minimum Gasteiger partial charge on any atom is -0.493 e. The van der Waals surface area contributed by atoms with Crippen LogP contribution < -0.4 is 19.6 Å². The molecule has 33 heavy (non-hydrogen) atoms. The summed E-state index contributed by atoms with van der Waals surface area (Å²) in [6.45, 7) is 0.123. The number of ether oxygens (including phenoxy) is 2. The van der Waals surface area contributed by atoms with Crippen molar-refractivity contribution in [2.75, 3.05) is 7.11 Å². The fraction of sp³-hybridized carbons (Fsp3) is 0.0833. The third-order valence-electron chi connectivity index (χ3n) is 5.12. The number of fused-ring (bicyclic) bond motifs is 3. The van der Waals surface area contributed by atoms with Gasteiger partial charge in [0.05, 0.1) is 27.7 Å². The van der Waals surface area contributed by atoms with Gasteiger partial charge >= 0.3 is 0 Å². The van der Waals surface area contributed by atoms with E-state index in [4.69, 9.17) is 44.3 Å². The molecule has 0 unspecified atom stereocenters. The Morgan fingerprint density at radius 2 is 1.79 bits per heavy atom. The van der Waals surface area contributed by atoms with Gasteiger partial charge in [0, 0.05) is 15.6 Å². The largest absolute Gasteiger partial charge is 0.493 e. The Balaban J connectivity index is 1.53. The Morgan fingerprint density at radius 1 is 1.03 bits per heavy atom. The predicted octanol–water partition coefficient (Wildman–Crippen LogP) is 6.00. The number of benzene rings is 3. The van der Waals surface area contributed by atoms with Crippen LogP contribution in [0.15, 0.2) is 59.4 Å². The zero-order valence-corrected chi connectivity index (χ0v) is 20.2. The lowest BCUT2D eigenvalue weighted by Gasteiger charge is -2.14. The topological polar surface area (TPSA) is 52.8 Å². The average Bonchev–Trinajstić information content (AvgIpc) is 3.30. The van der Waals surface area contributed by atoms with Crippen LogP contribution >= 0.6 is 46.1 Å². The molecule has 166 valence electrons. The molecular formula is C24H15Cl3N2O3S. The summed E-state index contributed by atoms with van der Waals surface area (Å²) in [7, 11) is 1.52. The molecule has 0 radical (unpaired) electrons. The first kappa shape index (κ1) is 22.0. The van der Waals surface area contributed by atoms with Crippen LogP contribution in [0, 0.1) is 0 Å². The highest BCUT2D eigenvalue weighted by Crippen LogP contribution is 2.38. The Morgan fingerprint density at radius 3 is 2.55 bits per heavy atom. The maximum absolute atomic E-state index is 13.0. The van der Waals surface area contributed by atoms with Gasteiger partial charge in [-0.05, 0) is 48.0 Å². The van der Waals surface area contributed by atoms with E-state index in [2.05, 4.69) is 4.98 Å². The van der Waals surface area contributed by atoms with Gasteiger partial charge in [-0.2, -0.15) is 0 Å². The molecule has 0 spiro atoms. The van der Waals surface area contributed by atoms with Crippen LogP contribution in [0.3, 0.4) is 0 Å². The van der Waals surface area contributed by atoms with E-state index < -0.39 is 0 Å². The van der Waals surface area contributed by atoms with Crippen molar-refractivity contribution >= 4 is 68.2 Å². The van der Waals surface area contributed by atoms with Gasteiger partial charge in [-0.25, -0.2) is 9.38 Å². The highest BCUT2D eigenvalue weighted by atomic mass is 35.5. The first-order valence-corrected chi connectivity index (χ1v) is 11.8. The lowest BCUT2D eigenvalue weighted by molar-refractivity contribution is 0.285. The lowest BCUT2D eigenvalue weighted by atomic mass is 10.2. The maximum atomic E-state index is 13.0. The Bertz CT molecular complexity index is 1610. The van der Waals surface area contributed by atoms with Crippen LogP contribution in [-0.2, 0) is 6.61 Å². The third-order valence-corrected chi connectivity index (χ3v) is 7.07. The molecule has 5 rings (SSSR count). The molecule has 5 nitrogen and oxygen atoms in total. The van der Waals surface area contributed by atoms with E-state index >= 15 is 0 Å². The van der Waals surface area contributed by atoms with Gasteiger partial charge in [-0.3, -0.25) is 4.79 Å². The number of thiazole rings is 1. The van der Waals surface area contributed by atoms with Crippen molar-refractivity contribution in [3.63, 3.8) is 0 Å². The van der Waals surface area contributed by atoms with Gasteiger partial charge < -0.3 is 9.47 Å². The van der Waals surface area contributed by atoms with Gasteiger partial charge in [-0.1, -0.05) is 64.3 Å². The van der Waals surface area contributed by atoms with Crippen molar-refractivity contribution in [3.05, 3.63) is 95.7 Å². The van der Waals surface area contributed by atoms with Crippen molar-refractivity contribution in [1.29, 1.82) is 0 Å². The fourth-order valence-electron chi connectivity index (χ4n) is 3.54. The summed E-state index contributed by atoms with van der Waals surface area (Å²) in [6, 6.07) is 16.3. The molecule has 2 aromatic heterocycles. The molecule has 0 N–H and O–H groups in total. The van der Waals surface area contributed by atoms with Crippen molar-refractivity contribution in [1.82, 2.24) is 9.38 Å². The molecule has 0 bridgehead atoms. The number of halogens is 3. The molecule has 0 aliphatic carbocycles. The number of methoxy groups -OCH3 is 1. The molecule has 0 amide bonds. The molecular weight excluding hydrogens is 503 g/mol. The average molecular weight is 518 g/mol. The third kappa shape index (κ3) is 4.04. The first-order valence-electron chi connectivity index (χ1n) is 9.81. The van der Waals surface area contributed by atoms with Crippen LogP contribution in [0.25, 0.3) is 22.1 Å². The molecule has 3 aromatic carbocycles. The van der Waals surface area contributed by atoms with Gasteiger partial charge in [0.15, 0.2) is 16.5 Å². The smallest absolute Gasteiger partial charge is 0.274 e. The number of para-hydroxylation sites is 2. The summed E-state index contributed by atoms with van der Waals surface area (Å²) >= 11 is 20.3. The van der Waals surface area contributed by atoms with Crippen LogP contribution in [0.4, 0.5) is 0 Å². The molecule has 0 fully saturated rings. The van der Waals surface area contributed by atoms with Crippen molar-refractivity contribution in [3.8, 4) is 11.5 Å². The highest BCUT2D eigenvalue weighted by molar-refractivity contribution is 7.15. The van der Waals surface area contributed by atoms with E-state index in [1.165, 1.54) is 18.4 Å². The minimum atomic E-state index is -0.132. The van der Waals surface area contributed by atoms with E-state index in [-0.39, 0.29) is 12.2 Å². The van der Waals surface area contributed by atoms with E-state index in [0.717, 1.165) is 11.0 Å². The van der Waals surface area contributed by atoms with Gasteiger partial charge in [0.25, 0.3) is 5.56 Å². The van der Waals surface area contributed by atoms with Gasteiger partial charge in [0.2, 0.25) is 0 Å². The zero-order valence-electron chi connectivity index (χ0n) is 17.1. The summed E-state index contributed by atoms with van der Waals surface area (Å²) in [5.41, 5.74) is 2.79. The predicted molar refractivity (Wildman–Crippen MR) is 134 cm³/mol. The Labute approximate surface area is 207 Å². The number of imidazole rings is 1. The zero-order chi connectivity index (χ0) is 23.1. The standard InChI is InChI=1S/C24H15Cl3N2O3S/c1-31-20-10-13(9-17(27)22(20)32-12-14-15(25)5-4-6-16(14)26)11-21-23(30)29-19-8-3-2-7-18(19)28-24(29)33-21/h2-11H,12H2,1H3/b21-11-. The molecule has 0 saturated heterocycles. The monoisotopic (exact) mass is 516 g/mol. The summed E-state index contributed by atoms with van der Waals surface area (Å²) < 4.78 is 13.6. The number of rotatable bonds is 5. The summed E-state index contributed by atoms with van der Waals surface area (Å²) in [4.78, 5) is 18.2. The van der Waals surface area contributed by atoms with Crippen molar-refractivity contribution in [2.45, 2.75) is 6.61 Å². The first-order chi connectivity index (χ1) is 16.0. The summed E-state index contributed by atoms with van der Waals surface area (Å²) in [5, 5.41) is 1.34. The number of hydrogen-bond acceptors (Lipinski definition) is 5. The molecule has 0 saturated carbocycles. The molecule has 0 aliphatic heterocycles. The number of aromatic nitrogens is 2. The van der Waals surface area contributed by atoms with E-state index in [1.54, 1.807) is 40.8 Å². The quantitative estimate of drug-likeness (QED) is 0.287. The molecule has 9 heteroatoms. The van der Waals surface area contributed by atoms with Crippen LogP contribution in [0.2, 0.25) is 15.1 Å². The van der Waals surface area contributed by atoms with Gasteiger partial charge in [0.1, 0.15) is 6.61 Å². The Hall–Kier alpha value is -2.77. The second-order valence-electron chi connectivity index (χ2n) is 7.16. The van der Waals surface area contributed by atoms with E-state index in [1.807, 2.05) is 24.3 Å². The van der Waals surface area contributed by atoms with Gasteiger partial charge in [-0.15, -0.1) is 0 Å². The van der Waals surface area contributed by atoms with Crippen molar-refractivity contribution < 1.29 is 9.47 Å². The second-order valence-corrected chi connectivity index (χ2v) is 9.39. The second kappa shape index (κ2) is 8.88. The number of hydrogen-bond donors (Lipinski definition) is 0. The van der Waals surface area contributed by atoms with E-state index in [0.29, 0.717) is 47.2 Å². The van der Waals surface area contributed by atoms with Crippen LogP contribution in [0.5, 0.6) is 11.5 Å². The molecule has 0 aliphatic rings. The van der Waals surface area contributed by atoms with Crippen LogP contribution in [0.1, 0.15) is 11.1 Å². The molecule has 0 atom stereocenters. The SMILES string of the molecule is COc1cc(/C=c2\sc3nc4ccccc4n3c2=O)cc(Cl)c1OCc1c(Cl)cccc1Cl. The number of nitrogens with zero attached hydrogens (tertiary/aromatic N) is 2. The van der Waals surface area contributed by atoms with Crippen LogP contribution in [-0.4, -0.2) is 16.5 Å². The highest BCUT2D eigenvalue weighted by Gasteiger charge is 2.15. The maximum Gasteiger partial charge on any atom is 0.274 e. The van der Waals surface area contributed by atoms with Crippen molar-refractivity contribution in [2.24, 2.45) is 0 Å².